The van der Waals surface area contributed by atoms with Crippen LogP contribution in [0.2, 0.25) is 0 Å². The fraction of sp³-hybridized carbons (Fsp3) is 0.385. The van der Waals surface area contributed by atoms with Crippen LogP contribution in [0.4, 0.5) is 5.69 Å². The van der Waals surface area contributed by atoms with E-state index in [4.69, 9.17) is 15.2 Å². The summed E-state index contributed by atoms with van der Waals surface area (Å²) in [7, 11) is 1.69. The fourth-order valence-corrected chi connectivity index (χ4v) is 1.97. The zero-order valence-corrected chi connectivity index (χ0v) is 14.9. The van der Waals surface area contributed by atoms with Crippen molar-refractivity contribution in [2.24, 2.45) is 17.8 Å². The SMILES string of the molecule is Cn1nnc(CN=C(N)Nc2ccc3c(c2)OCCCO3)n1.I. The summed E-state index contributed by atoms with van der Waals surface area (Å²) in [4.78, 5) is 5.54. The van der Waals surface area contributed by atoms with E-state index in [1.807, 2.05) is 18.2 Å². The van der Waals surface area contributed by atoms with Crippen LogP contribution < -0.4 is 20.5 Å². The highest BCUT2D eigenvalue weighted by Crippen LogP contribution is 2.32. The van der Waals surface area contributed by atoms with E-state index >= 15 is 0 Å². The van der Waals surface area contributed by atoms with Crippen LogP contribution in [0.1, 0.15) is 12.2 Å². The van der Waals surface area contributed by atoms with Gasteiger partial charge in [-0.3, -0.25) is 0 Å². The topological polar surface area (TPSA) is 112 Å². The van der Waals surface area contributed by atoms with E-state index in [9.17, 15) is 0 Å². The molecule has 124 valence electrons. The third kappa shape index (κ3) is 4.68. The van der Waals surface area contributed by atoms with Gasteiger partial charge in [-0.2, -0.15) is 4.80 Å². The molecule has 0 bridgehead atoms. The van der Waals surface area contributed by atoms with Gasteiger partial charge in [-0.05, 0) is 17.3 Å². The minimum atomic E-state index is 0. The second-order valence-electron chi connectivity index (χ2n) is 4.73. The number of hydrogen-bond donors (Lipinski definition) is 2. The summed E-state index contributed by atoms with van der Waals surface area (Å²) in [6.07, 6.45) is 0.867. The number of aliphatic imine (C=N–C) groups is 1. The molecule has 3 rings (SSSR count). The summed E-state index contributed by atoms with van der Waals surface area (Å²) in [6.45, 7) is 1.56. The molecule has 10 heteroatoms. The molecule has 0 aliphatic carbocycles. The van der Waals surface area contributed by atoms with E-state index in [-0.39, 0.29) is 36.5 Å². The largest absolute Gasteiger partial charge is 0.490 e. The van der Waals surface area contributed by atoms with E-state index in [1.54, 1.807) is 7.05 Å². The molecule has 0 amide bonds. The Hall–Kier alpha value is -2.11. The van der Waals surface area contributed by atoms with E-state index in [2.05, 4.69) is 25.7 Å². The Morgan fingerprint density at radius 2 is 2.13 bits per heavy atom. The van der Waals surface area contributed by atoms with Crippen molar-refractivity contribution in [3.05, 3.63) is 24.0 Å². The van der Waals surface area contributed by atoms with E-state index in [1.165, 1.54) is 4.80 Å². The van der Waals surface area contributed by atoms with Crippen LogP contribution in [0.5, 0.6) is 11.5 Å². The predicted molar refractivity (Wildman–Crippen MR) is 95.2 cm³/mol. The average molecular weight is 431 g/mol. The van der Waals surface area contributed by atoms with Crippen LogP contribution in [-0.4, -0.2) is 39.4 Å². The van der Waals surface area contributed by atoms with Crippen LogP contribution in [0.25, 0.3) is 0 Å². The first kappa shape index (κ1) is 17.2. The van der Waals surface area contributed by atoms with Gasteiger partial charge in [-0.15, -0.1) is 34.2 Å². The zero-order valence-electron chi connectivity index (χ0n) is 12.6. The molecule has 2 heterocycles. The number of nitrogens with one attached hydrogen (secondary N) is 1. The van der Waals surface area contributed by atoms with E-state index in [0.717, 1.165) is 17.9 Å². The van der Waals surface area contributed by atoms with E-state index in [0.29, 0.717) is 24.8 Å². The third-order valence-electron chi connectivity index (χ3n) is 2.96. The normalized spacial score (nSPS) is 13.9. The minimum Gasteiger partial charge on any atom is -0.490 e. The lowest BCUT2D eigenvalue weighted by Gasteiger charge is -2.10. The lowest BCUT2D eigenvalue weighted by atomic mass is 10.3. The number of rotatable bonds is 3. The highest BCUT2D eigenvalue weighted by Gasteiger charge is 2.10. The molecule has 3 N–H and O–H groups in total. The number of nitrogens with two attached hydrogens (primary N) is 1. The molecule has 0 saturated carbocycles. The van der Waals surface area contributed by atoms with Crippen molar-refractivity contribution >= 4 is 35.6 Å². The maximum Gasteiger partial charge on any atom is 0.196 e. The number of hydrogen-bond acceptors (Lipinski definition) is 6. The van der Waals surface area contributed by atoms with E-state index < -0.39 is 0 Å². The van der Waals surface area contributed by atoms with Gasteiger partial charge in [0.15, 0.2) is 23.3 Å². The first-order valence-corrected chi connectivity index (χ1v) is 6.90. The van der Waals surface area contributed by atoms with Gasteiger partial charge >= 0.3 is 0 Å². The molecule has 0 fully saturated rings. The fourth-order valence-electron chi connectivity index (χ4n) is 1.97. The predicted octanol–water partition coefficient (Wildman–Crippen LogP) is 0.916. The number of tetrazole rings is 1. The minimum absolute atomic E-state index is 0. The molecule has 0 saturated heterocycles. The Morgan fingerprint density at radius 1 is 1.35 bits per heavy atom. The molecule has 9 nitrogen and oxygen atoms in total. The van der Waals surface area contributed by atoms with Crippen molar-refractivity contribution in [3.8, 4) is 11.5 Å². The summed E-state index contributed by atoms with van der Waals surface area (Å²) >= 11 is 0. The molecule has 0 radical (unpaired) electrons. The third-order valence-corrected chi connectivity index (χ3v) is 2.96. The van der Waals surface area contributed by atoms with Gasteiger partial charge in [-0.25, -0.2) is 4.99 Å². The monoisotopic (exact) mass is 431 g/mol. The molecule has 0 unspecified atom stereocenters. The highest BCUT2D eigenvalue weighted by molar-refractivity contribution is 14.0. The average Bonchev–Trinajstić information content (AvgIpc) is 2.78. The molecule has 1 aliphatic heterocycles. The van der Waals surface area contributed by atoms with Gasteiger partial charge in [0.25, 0.3) is 0 Å². The number of nitrogens with zero attached hydrogens (tertiary/aromatic N) is 5. The standard InChI is InChI=1S/C13H17N7O2.HI/c1-20-18-12(17-19-20)8-15-13(14)16-9-3-4-10-11(7-9)22-6-2-5-21-10;/h3-4,7H,2,5-6,8H2,1H3,(H3,14,15,16);1H. The van der Waals surface area contributed by atoms with Crippen molar-refractivity contribution in [1.29, 1.82) is 0 Å². The maximum absolute atomic E-state index is 5.85. The maximum atomic E-state index is 5.85. The zero-order chi connectivity index (χ0) is 15.4. The number of guanidine groups is 1. The summed E-state index contributed by atoms with van der Waals surface area (Å²) in [6, 6.07) is 5.54. The molecule has 1 aromatic heterocycles. The van der Waals surface area contributed by atoms with Crippen LogP contribution in [0, 0.1) is 0 Å². The second-order valence-corrected chi connectivity index (χ2v) is 4.73. The molecule has 0 atom stereocenters. The second kappa shape index (κ2) is 7.94. The van der Waals surface area contributed by atoms with Gasteiger partial charge in [0.05, 0.1) is 20.3 Å². The van der Waals surface area contributed by atoms with Gasteiger partial charge in [0.1, 0.15) is 6.54 Å². The van der Waals surface area contributed by atoms with Crippen molar-refractivity contribution in [3.63, 3.8) is 0 Å². The van der Waals surface area contributed by atoms with Crippen molar-refractivity contribution < 1.29 is 9.47 Å². The van der Waals surface area contributed by atoms with Crippen molar-refractivity contribution in [1.82, 2.24) is 20.2 Å². The lowest BCUT2D eigenvalue weighted by molar-refractivity contribution is 0.297. The first-order valence-electron chi connectivity index (χ1n) is 6.90. The van der Waals surface area contributed by atoms with Gasteiger partial charge in [-0.1, -0.05) is 0 Å². The summed E-state index contributed by atoms with van der Waals surface area (Å²) < 4.78 is 11.2. The first-order chi connectivity index (χ1) is 10.7. The Labute approximate surface area is 150 Å². The Kier molecular flexibility index (Phi) is 5.96. The number of ether oxygens (including phenoxy) is 2. The smallest absolute Gasteiger partial charge is 0.196 e. The highest BCUT2D eigenvalue weighted by atomic mass is 127. The number of halogens is 1. The van der Waals surface area contributed by atoms with Crippen LogP contribution in [0.3, 0.4) is 0 Å². The number of aromatic nitrogens is 4. The number of fused-ring (bicyclic) bond motifs is 1. The number of benzene rings is 1. The summed E-state index contributed by atoms with van der Waals surface area (Å²) in [5, 5.41) is 14.6. The Balaban J connectivity index is 0.00000192. The molecule has 23 heavy (non-hydrogen) atoms. The number of aryl methyl sites for hydroxylation is 1. The van der Waals surface area contributed by atoms with Gasteiger partial charge in [0, 0.05) is 18.2 Å². The molecule has 1 aliphatic rings. The Bertz CT molecular complexity index is 689. The van der Waals surface area contributed by atoms with Crippen molar-refractivity contribution in [2.75, 3.05) is 18.5 Å². The quantitative estimate of drug-likeness (QED) is 0.422. The van der Waals surface area contributed by atoms with Crippen LogP contribution in [0.15, 0.2) is 23.2 Å². The Morgan fingerprint density at radius 3 is 2.87 bits per heavy atom. The molecule has 2 aromatic rings. The van der Waals surface area contributed by atoms with Crippen molar-refractivity contribution in [2.45, 2.75) is 13.0 Å². The number of anilines is 1. The summed E-state index contributed by atoms with van der Waals surface area (Å²) in [5.74, 6) is 2.21. The molecular weight excluding hydrogens is 413 g/mol. The molecular formula is C13H18IN7O2. The molecule has 1 aromatic carbocycles. The lowest BCUT2D eigenvalue weighted by Crippen LogP contribution is -2.22. The summed E-state index contributed by atoms with van der Waals surface area (Å²) in [5.41, 5.74) is 6.63. The van der Waals surface area contributed by atoms with Gasteiger partial charge < -0.3 is 20.5 Å². The van der Waals surface area contributed by atoms with Crippen LogP contribution in [-0.2, 0) is 13.6 Å². The van der Waals surface area contributed by atoms with Crippen LogP contribution >= 0.6 is 24.0 Å². The van der Waals surface area contributed by atoms with Gasteiger partial charge in [0.2, 0.25) is 0 Å². The molecule has 0 spiro atoms.